The summed E-state index contributed by atoms with van der Waals surface area (Å²) in [4.78, 5) is 13.0. The van der Waals surface area contributed by atoms with Gasteiger partial charge in [-0.25, -0.2) is 4.79 Å². The van der Waals surface area contributed by atoms with Crippen molar-refractivity contribution in [3.63, 3.8) is 0 Å². The molecule has 226 valence electrons. The van der Waals surface area contributed by atoms with Gasteiger partial charge in [0, 0.05) is 13.0 Å². The molecule has 3 fully saturated rings. The fraction of sp³-hybridized carbons (Fsp3) is 0.906. The summed E-state index contributed by atoms with van der Waals surface area (Å²) < 4.78 is 19.1. The minimum absolute atomic E-state index is 0.0467. The van der Waals surface area contributed by atoms with Crippen molar-refractivity contribution in [2.45, 2.75) is 160 Å². The summed E-state index contributed by atoms with van der Waals surface area (Å²) in [6, 6.07) is 0. The second-order valence-corrected chi connectivity index (χ2v) is 18.8. The quantitative estimate of drug-likeness (QED) is 0.174. The van der Waals surface area contributed by atoms with E-state index >= 15 is 0 Å². The van der Waals surface area contributed by atoms with Crippen LogP contribution in [0.4, 0.5) is 0 Å². The van der Waals surface area contributed by atoms with Crippen molar-refractivity contribution in [1.29, 1.82) is 0 Å². The number of hydrogen-bond acceptors (Lipinski definition) is 5. The molecular weight excluding hydrogens is 508 g/mol. The molecule has 2 saturated carbocycles. The Bertz CT molecular complexity index is 780. The highest BCUT2D eigenvalue weighted by Crippen LogP contribution is 2.46. The average molecular weight is 567 g/mol. The van der Waals surface area contributed by atoms with Gasteiger partial charge in [-0.15, -0.1) is 0 Å². The third-order valence-electron chi connectivity index (χ3n) is 10.2. The molecule has 0 spiro atoms. The summed E-state index contributed by atoms with van der Waals surface area (Å²) in [5.74, 6) is -0.230. The van der Waals surface area contributed by atoms with Gasteiger partial charge in [0.1, 0.15) is 0 Å². The van der Waals surface area contributed by atoms with E-state index in [4.69, 9.17) is 13.9 Å². The topological polar surface area (TPSA) is 85.2 Å². The van der Waals surface area contributed by atoms with Crippen LogP contribution in [0, 0.1) is 17.8 Å². The van der Waals surface area contributed by atoms with E-state index in [0.717, 1.165) is 70.8 Å². The maximum Gasteiger partial charge on any atom is 0.335 e. The summed E-state index contributed by atoms with van der Waals surface area (Å²) in [7, 11) is -2.29. The molecular formula is C32H58O6Si. The maximum atomic E-state index is 13.0. The maximum absolute atomic E-state index is 13.0. The summed E-state index contributed by atoms with van der Waals surface area (Å²) in [5, 5.41) is 21.6. The zero-order chi connectivity index (χ0) is 28.7. The van der Waals surface area contributed by atoms with Gasteiger partial charge >= 0.3 is 5.97 Å². The monoisotopic (exact) mass is 566 g/mol. The normalized spacial score (nSPS) is 31.0. The summed E-state index contributed by atoms with van der Waals surface area (Å²) in [5.41, 5.74) is -1.12. The summed E-state index contributed by atoms with van der Waals surface area (Å²) >= 11 is 0. The Kier molecular flexibility index (Phi) is 12.1. The van der Waals surface area contributed by atoms with Crippen LogP contribution in [0.2, 0.25) is 18.1 Å². The van der Waals surface area contributed by atoms with E-state index in [-0.39, 0.29) is 35.4 Å². The minimum atomic E-state index is -2.29. The lowest BCUT2D eigenvalue weighted by molar-refractivity contribution is -0.196. The molecule has 1 aliphatic heterocycles. The van der Waals surface area contributed by atoms with Crippen molar-refractivity contribution in [3.05, 3.63) is 12.2 Å². The second kappa shape index (κ2) is 14.4. The molecule has 0 radical (unpaired) electrons. The lowest BCUT2D eigenvalue weighted by Gasteiger charge is -2.47. The highest BCUT2D eigenvalue weighted by atomic mass is 28.4. The van der Waals surface area contributed by atoms with Crippen molar-refractivity contribution in [1.82, 2.24) is 0 Å². The highest BCUT2D eigenvalue weighted by Gasteiger charge is 2.52. The first-order chi connectivity index (χ1) is 18.4. The van der Waals surface area contributed by atoms with Gasteiger partial charge in [-0.1, -0.05) is 65.5 Å². The van der Waals surface area contributed by atoms with Crippen LogP contribution in [0.3, 0.4) is 0 Å². The first-order valence-electron chi connectivity index (χ1n) is 15.9. The Balaban J connectivity index is 1.66. The predicted octanol–water partition coefficient (Wildman–Crippen LogP) is 7.85. The SMILES string of the molecule is CCC[C@H]1C(OC2CCCCO2)C[C@H](O)[C@@H]1CC=CCCC(O[Si](C)(C)C(C)(C)C)(C(=O)O)C1CCCCC1. The number of aliphatic carboxylic acids is 1. The van der Waals surface area contributed by atoms with Crippen molar-refractivity contribution >= 4 is 14.3 Å². The number of carboxylic acids is 1. The Hall–Kier alpha value is -0.733. The Morgan fingerprint density at radius 2 is 1.72 bits per heavy atom. The van der Waals surface area contributed by atoms with Crippen LogP contribution in [-0.2, 0) is 18.7 Å². The molecule has 0 amide bonds. The molecule has 3 aliphatic rings. The molecule has 7 heteroatoms. The van der Waals surface area contributed by atoms with Crippen molar-refractivity contribution in [3.8, 4) is 0 Å². The molecule has 0 aromatic heterocycles. The van der Waals surface area contributed by atoms with E-state index in [2.05, 4.69) is 52.9 Å². The van der Waals surface area contributed by atoms with Gasteiger partial charge in [-0.2, -0.15) is 0 Å². The number of aliphatic hydroxyl groups is 1. The molecule has 3 rings (SSSR count). The van der Waals surface area contributed by atoms with Gasteiger partial charge in [0.15, 0.2) is 20.2 Å². The third-order valence-corrected chi connectivity index (χ3v) is 14.7. The zero-order valence-electron chi connectivity index (χ0n) is 25.8. The van der Waals surface area contributed by atoms with E-state index in [9.17, 15) is 15.0 Å². The van der Waals surface area contributed by atoms with Crippen LogP contribution in [0.25, 0.3) is 0 Å². The van der Waals surface area contributed by atoms with Crippen LogP contribution in [0.5, 0.6) is 0 Å². The Morgan fingerprint density at radius 3 is 2.31 bits per heavy atom. The third kappa shape index (κ3) is 8.40. The van der Waals surface area contributed by atoms with Gasteiger partial charge in [0.25, 0.3) is 0 Å². The number of ether oxygens (including phenoxy) is 2. The largest absolute Gasteiger partial charge is 0.479 e. The molecule has 0 bridgehead atoms. The minimum Gasteiger partial charge on any atom is -0.479 e. The second-order valence-electron chi connectivity index (χ2n) is 14.0. The molecule has 39 heavy (non-hydrogen) atoms. The fourth-order valence-electron chi connectivity index (χ4n) is 6.89. The number of allylic oxidation sites excluding steroid dienone is 2. The van der Waals surface area contributed by atoms with Gasteiger partial charge in [-0.05, 0) is 93.7 Å². The summed E-state index contributed by atoms with van der Waals surface area (Å²) in [6.45, 7) is 13.9. The zero-order valence-corrected chi connectivity index (χ0v) is 26.8. The van der Waals surface area contributed by atoms with Crippen molar-refractivity contribution in [2.75, 3.05) is 6.61 Å². The lowest BCUT2D eigenvalue weighted by Crippen LogP contribution is -2.57. The average Bonchev–Trinajstić information content (AvgIpc) is 3.17. The van der Waals surface area contributed by atoms with Crippen LogP contribution in [-0.4, -0.2) is 55.2 Å². The Labute approximate surface area is 239 Å². The summed E-state index contributed by atoms with van der Waals surface area (Å²) in [6.07, 6.45) is 17.0. The van der Waals surface area contributed by atoms with E-state index in [1.54, 1.807) is 0 Å². The standard InChI is InChI=1S/C32H58O6Si/c1-7-16-26-25(27(33)23-28(26)37-29-20-13-15-22-36-29)19-12-9-14-21-32(30(34)35,24-17-10-8-11-18-24)38-39(5,6)31(2,3)4/h9,12,24-29,33H,7-8,10-11,13-23H2,1-6H3,(H,34,35)/t25-,26-,27+,28?,29?,32?/m1/s1. The molecule has 6 atom stereocenters. The number of rotatable bonds is 13. The Morgan fingerprint density at radius 1 is 1.03 bits per heavy atom. The molecule has 6 nitrogen and oxygen atoms in total. The van der Waals surface area contributed by atoms with Gasteiger partial charge in [0.2, 0.25) is 0 Å². The molecule has 1 heterocycles. The van der Waals surface area contributed by atoms with E-state index < -0.39 is 19.9 Å². The predicted molar refractivity (Wildman–Crippen MR) is 159 cm³/mol. The van der Waals surface area contributed by atoms with Crippen molar-refractivity contribution < 1.29 is 28.9 Å². The highest BCUT2D eigenvalue weighted by molar-refractivity contribution is 6.74. The first-order valence-corrected chi connectivity index (χ1v) is 18.9. The molecule has 0 aromatic carbocycles. The number of carboxylic acid groups (broad SMARTS) is 1. The van der Waals surface area contributed by atoms with Crippen molar-refractivity contribution in [2.24, 2.45) is 17.8 Å². The lowest BCUT2D eigenvalue weighted by atomic mass is 9.74. The fourth-order valence-corrected chi connectivity index (χ4v) is 8.47. The first kappa shape index (κ1) is 32.8. The molecule has 3 unspecified atom stereocenters. The number of aliphatic hydroxyl groups excluding tert-OH is 1. The van der Waals surface area contributed by atoms with Crippen LogP contribution >= 0.6 is 0 Å². The molecule has 2 N–H and O–H groups in total. The van der Waals surface area contributed by atoms with Gasteiger partial charge in [-0.3, -0.25) is 0 Å². The van der Waals surface area contributed by atoms with E-state index in [1.807, 2.05) is 0 Å². The van der Waals surface area contributed by atoms with Gasteiger partial charge in [0.05, 0.1) is 12.2 Å². The molecule has 0 aromatic rings. The van der Waals surface area contributed by atoms with Crippen LogP contribution in [0.1, 0.15) is 118 Å². The molecule has 2 aliphatic carbocycles. The smallest absolute Gasteiger partial charge is 0.335 e. The van der Waals surface area contributed by atoms with E-state index in [1.165, 1.54) is 6.42 Å². The number of carbonyl (C=O) groups is 1. The van der Waals surface area contributed by atoms with Crippen LogP contribution in [0.15, 0.2) is 12.2 Å². The van der Waals surface area contributed by atoms with Crippen LogP contribution < -0.4 is 0 Å². The van der Waals surface area contributed by atoms with E-state index in [0.29, 0.717) is 25.2 Å². The number of hydrogen-bond donors (Lipinski definition) is 2. The molecule has 1 saturated heterocycles. The van der Waals surface area contributed by atoms with Gasteiger partial charge < -0.3 is 24.1 Å².